The van der Waals surface area contributed by atoms with Crippen molar-refractivity contribution in [3.63, 3.8) is 0 Å². The van der Waals surface area contributed by atoms with Crippen molar-refractivity contribution in [1.82, 2.24) is 4.98 Å². The van der Waals surface area contributed by atoms with Crippen LogP contribution in [-0.2, 0) is 4.79 Å². The second kappa shape index (κ2) is 4.45. The summed E-state index contributed by atoms with van der Waals surface area (Å²) in [5, 5.41) is 3.02. The Morgan fingerprint density at radius 2 is 2.43 bits per heavy atom. The molecule has 1 amide bonds. The molecule has 1 aromatic heterocycles. The van der Waals surface area contributed by atoms with Crippen molar-refractivity contribution in [2.75, 3.05) is 11.1 Å². The molecule has 5 heteroatoms. The molecule has 1 unspecified atom stereocenters. The summed E-state index contributed by atoms with van der Waals surface area (Å²) < 4.78 is 0. The van der Waals surface area contributed by atoms with Gasteiger partial charge in [-0.1, -0.05) is 0 Å². The highest BCUT2D eigenvalue weighted by atomic mass is 16.1. The fourth-order valence-corrected chi connectivity index (χ4v) is 1.13. The van der Waals surface area contributed by atoms with E-state index in [1.807, 2.05) is 6.92 Å². The summed E-state index contributed by atoms with van der Waals surface area (Å²) in [5.74, 6) is 0.313. The van der Waals surface area contributed by atoms with E-state index in [1.54, 1.807) is 18.3 Å². The molecule has 5 N–H and O–H groups in total. The van der Waals surface area contributed by atoms with Crippen molar-refractivity contribution in [3.8, 4) is 0 Å². The van der Waals surface area contributed by atoms with Gasteiger partial charge in [-0.2, -0.15) is 0 Å². The first-order valence-corrected chi connectivity index (χ1v) is 4.34. The van der Waals surface area contributed by atoms with Crippen molar-refractivity contribution in [1.29, 1.82) is 0 Å². The van der Waals surface area contributed by atoms with Crippen molar-refractivity contribution in [3.05, 3.63) is 18.3 Å². The third-order valence-electron chi connectivity index (χ3n) is 1.69. The van der Waals surface area contributed by atoms with Crippen LogP contribution in [0.15, 0.2) is 18.3 Å². The van der Waals surface area contributed by atoms with Crippen molar-refractivity contribution in [2.24, 2.45) is 5.73 Å². The molecule has 0 fully saturated rings. The molecule has 1 atom stereocenters. The van der Waals surface area contributed by atoms with Crippen LogP contribution in [0.4, 0.5) is 11.5 Å². The van der Waals surface area contributed by atoms with E-state index >= 15 is 0 Å². The van der Waals surface area contributed by atoms with Crippen LogP contribution < -0.4 is 16.8 Å². The molecule has 76 valence electrons. The number of hydrogen-bond donors (Lipinski definition) is 3. The maximum atomic E-state index is 10.6. The monoisotopic (exact) mass is 194 g/mol. The largest absolute Gasteiger partial charge is 0.399 e. The molecule has 0 saturated carbocycles. The first-order valence-electron chi connectivity index (χ1n) is 4.34. The zero-order valence-electron chi connectivity index (χ0n) is 8.03. The molecule has 0 aliphatic heterocycles. The first kappa shape index (κ1) is 10.3. The van der Waals surface area contributed by atoms with Gasteiger partial charge in [-0.15, -0.1) is 0 Å². The van der Waals surface area contributed by atoms with E-state index in [0.29, 0.717) is 11.5 Å². The molecule has 0 saturated heterocycles. The number of nitrogens with two attached hydrogens (primary N) is 2. The molecule has 0 radical (unpaired) electrons. The molecule has 0 spiro atoms. The molecule has 1 heterocycles. The summed E-state index contributed by atoms with van der Waals surface area (Å²) >= 11 is 0. The third kappa shape index (κ3) is 3.30. The number of nitrogens with one attached hydrogen (secondary N) is 1. The number of carbonyl (C=O) groups excluding carboxylic acids is 1. The van der Waals surface area contributed by atoms with Gasteiger partial charge in [0.05, 0.1) is 0 Å². The minimum atomic E-state index is -0.339. The number of aromatic nitrogens is 1. The Labute approximate surface area is 82.5 Å². The molecule has 0 aliphatic rings. The third-order valence-corrected chi connectivity index (χ3v) is 1.69. The van der Waals surface area contributed by atoms with Gasteiger partial charge in [0.2, 0.25) is 5.91 Å². The number of amides is 1. The lowest BCUT2D eigenvalue weighted by Gasteiger charge is -2.12. The maximum Gasteiger partial charge on any atom is 0.219 e. The zero-order chi connectivity index (χ0) is 10.6. The van der Waals surface area contributed by atoms with Crippen LogP contribution in [0.5, 0.6) is 0 Å². The molecule has 1 aromatic rings. The highest BCUT2D eigenvalue weighted by Crippen LogP contribution is 2.09. The minimum Gasteiger partial charge on any atom is -0.399 e. The van der Waals surface area contributed by atoms with Crippen molar-refractivity contribution < 1.29 is 4.79 Å². The smallest absolute Gasteiger partial charge is 0.219 e. The van der Waals surface area contributed by atoms with Gasteiger partial charge in [-0.3, -0.25) is 4.79 Å². The number of nitrogens with zero attached hydrogens (tertiary/aromatic N) is 1. The molecule has 0 bridgehead atoms. The fraction of sp³-hybridized carbons (Fsp3) is 0.333. The Hall–Kier alpha value is -1.78. The van der Waals surface area contributed by atoms with Gasteiger partial charge in [0.1, 0.15) is 5.82 Å². The average Bonchev–Trinajstić information content (AvgIpc) is 2.01. The summed E-state index contributed by atoms with van der Waals surface area (Å²) in [6.45, 7) is 1.86. The van der Waals surface area contributed by atoms with Crippen LogP contribution in [0.2, 0.25) is 0 Å². The van der Waals surface area contributed by atoms with E-state index in [0.717, 1.165) is 0 Å². The van der Waals surface area contributed by atoms with Crippen molar-refractivity contribution >= 4 is 17.4 Å². The predicted molar refractivity (Wildman–Crippen MR) is 55.5 cm³/mol. The Morgan fingerprint density at radius 3 is 3.00 bits per heavy atom. The van der Waals surface area contributed by atoms with Gasteiger partial charge in [0.25, 0.3) is 0 Å². The number of rotatable bonds is 4. The lowest BCUT2D eigenvalue weighted by molar-refractivity contribution is -0.118. The van der Waals surface area contributed by atoms with Gasteiger partial charge in [-0.05, 0) is 13.0 Å². The Balaban J connectivity index is 2.55. The summed E-state index contributed by atoms with van der Waals surface area (Å²) in [5.41, 5.74) is 11.2. The number of pyridine rings is 1. The SMILES string of the molecule is CC(CC(N)=O)Nc1cc(N)ccn1. The standard InChI is InChI=1S/C9H14N4O/c1-6(4-8(11)14)13-9-5-7(10)2-3-12-9/h2-3,5-6H,4H2,1H3,(H2,11,14)(H3,10,12,13). The number of primary amides is 1. The second-order valence-corrected chi connectivity index (χ2v) is 3.19. The lowest BCUT2D eigenvalue weighted by atomic mass is 10.2. The number of anilines is 2. The van der Waals surface area contributed by atoms with Gasteiger partial charge < -0.3 is 16.8 Å². The number of hydrogen-bond acceptors (Lipinski definition) is 4. The molecule has 0 aliphatic carbocycles. The summed E-state index contributed by atoms with van der Waals surface area (Å²) in [6, 6.07) is 3.36. The van der Waals surface area contributed by atoms with E-state index in [4.69, 9.17) is 11.5 Å². The van der Waals surface area contributed by atoms with Gasteiger partial charge >= 0.3 is 0 Å². The lowest BCUT2D eigenvalue weighted by Crippen LogP contribution is -2.24. The van der Waals surface area contributed by atoms with Crippen LogP contribution >= 0.6 is 0 Å². The van der Waals surface area contributed by atoms with Crippen LogP contribution in [0.3, 0.4) is 0 Å². The van der Waals surface area contributed by atoms with E-state index in [-0.39, 0.29) is 18.4 Å². The number of carbonyl (C=O) groups is 1. The quantitative estimate of drug-likeness (QED) is 0.644. The van der Waals surface area contributed by atoms with Crippen LogP contribution in [0.1, 0.15) is 13.3 Å². The predicted octanol–water partition coefficient (Wildman–Crippen LogP) is 0.340. The normalized spacial score (nSPS) is 12.1. The highest BCUT2D eigenvalue weighted by molar-refractivity contribution is 5.74. The van der Waals surface area contributed by atoms with Gasteiger partial charge in [0, 0.05) is 30.4 Å². The Kier molecular flexibility index (Phi) is 3.28. The molecular weight excluding hydrogens is 180 g/mol. The van der Waals surface area contributed by atoms with Crippen LogP contribution in [-0.4, -0.2) is 16.9 Å². The van der Waals surface area contributed by atoms with E-state index in [1.165, 1.54) is 0 Å². The molecule has 1 rings (SSSR count). The maximum absolute atomic E-state index is 10.6. The van der Waals surface area contributed by atoms with Crippen molar-refractivity contribution in [2.45, 2.75) is 19.4 Å². The first-order chi connectivity index (χ1) is 6.58. The second-order valence-electron chi connectivity index (χ2n) is 3.19. The molecule has 5 nitrogen and oxygen atoms in total. The molecule has 0 aromatic carbocycles. The van der Waals surface area contributed by atoms with Gasteiger partial charge in [-0.25, -0.2) is 4.98 Å². The highest BCUT2D eigenvalue weighted by Gasteiger charge is 2.05. The zero-order valence-corrected chi connectivity index (χ0v) is 8.03. The topological polar surface area (TPSA) is 94.0 Å². The molecule has 14 heavy (non-hydrogen) atoms. The van der Waals surface area contributed by atoms with Crippen LogP contribution in [0.25, 0.3) is 0 Å². The minimum absolute atomic E-state index is 0.0400. The Bertz CT molecular complexity index is 326. The summed E-state index contributed by atoms with van der Waals surface area (Å²) in [4.78, 5) is 14.6. The Morgan fingerprint density at radius 1 is 1.71 bits per heavy atom. The van der Waals surface area contributed by atoms with Gasteiger partial charge in [0.15, 0.2) is 0 Å². The van der Waals surface area contributed by atoms with E-state index < -0.39 is 0 Å². The molecular formula is C9H14N4O. The summed E-state index contributed by atoms with van der Waals surface area (Å²) in [6.07, 6.45) is 1.88. The van der Waals surface area contributed by atoms with E-state index in [9.17, 15) is 4.79 Å². The number of nitrogen functional groups attached to an aromatic ring is 1. The van der Waals surface area contributed by atoms with E-state index in [2.05, 4.69) is 10.3 Å². The van der Waals surface area contributed by atoms with Crippen LogP contribution in [0, 0.1) is 0 Å². The average molecular weight is 194 g/mol. The summed E-state index contributed by atoms with van der Waals surface area (Å²) in [7, 11) is 0. The fourth-order valence-electron chi connectivity index (χ4n) is 1.13.